The standard InChI is InChI=1S/C22H15ClN4O4S/c1-30-14-8-6-13(7-9-14)27-21(28)19-17(10-11-32-19)26(22(27)29)12-18-24-20(25-31-18)15-4-2-3-5-16(15)23/h2-11H,12H2,1H3. The first-order valence-electron chi connectivity index (χ1n) is 9.52. The predicted molar refractivity (Wildman–Crippen MR) is 122 cm³/mol. The van der Waals surface area contributed by atoms with E-state index in [4.69, 9.17) is 20.9 Å². The Kier molecular flexibility index (Phi) is 5.12. The van der Waals surface area contributed by atoms with Gasteiger partial charge in [-0.2, -0.15) is 4.98 Å². The van der Waals surface area contributed by atoms with Gasteiger partial charge < -0.3 is 9.26 Å². The molecule has 10 heteroatoms. The molecule has 0 aliphatic rings. The van der Waals surface area contributed by atoms with Gasteiger partial charge in [0.05, 0.1) is 23.3 Å². The lowest BCUT2D eigenvalue weighted by atomic mass is 10.2. The monoisotopic (exact) mass is 466 g/mol. The van der Waals surface area contributed by atoms with Crippen molar-refractivity contribution >= 4 is 33.2 Å². The second kappa shape index (κ2) is 8.10. The fourth-order valence-electron chi connectivity index (χ4n) is 3.41. The van der Waals surface area contributed by atoms with Gasteiger partial charge in [0, 0.05) is 5.56 Å². The lowest BCUT2D eigenvalue weighted by molar-refractivity contribution is 0.370. The van der Waals surface area contributed by atoms with Crippen LogP contribution in [0.15, 0.2) is 74.1 Å². The van der Waals surface area contributed by atoms with E-state index >= 15 is 0 Å². The number of ether oxygens (including phenoxy) is 1. The fourth-order valence-corrected chi connectivity index (χ4v) is 4.45. The average molecular weight is 467 g/mol. The summed E-state index contributed by atoms with van der Waals surface area (Å²) < 4.78 is 13.6. The molecular formula is C22H15ClN4O4S. The van der Waals surface area contributed by atoms with Crippen LogP contribution in [-0.4, -0.2) is 26.4 Å². The van der Waals surface area contributed by atoms with Gasteiger partial charge >= 0.3 is 5.69 Å². The van der Waals surface area contributed by atoms with Crippen LogP contribution in [0.2, 0.25) is 5.02 Å². The largest absolute Gasteiger partial charge is 0.497 e. The van der Waals surface area contributed by atoms with Crippen LogP contribution in [0, 0.1) is 0 Å². The SMILES string of the molecule is COc1ccc(-n2c(=O)c3sccc3n(Cc3nc(-c4ccccc4Cl)no3)c2=O)cc1. The maximum atomic E-state index is 13.4. The fraction of sp³-hybridized carbons (Fsp3) is 0.0909. The van der Waals surface area contributed by atoms with Gasteiger partial charge in [0.1, 0.15) is 17.0 Å². The highest BCUT2D eigenvalue weighted by Gasteiger charge is 2.19. The van der Waals surface area contributed by atoms with Crippen molar-refractivity contribution in [3.63, 3.8) is 0 Å². The first-order chi connectivity index (χ1) is 15.6. The normalized spacial score (nSPS) is 11.2. The summed E-state index contributed by atoms with van der Waals surface area (Å²) in [6, 6.07) is 15.6. The number of hydrogen-bond acceptors (Lipinski definition) is 7. The molecule has 5 aromatic rings. The number of benzene rings is 2. The van der Waals surface area contributed by atoms with Crippen LogP contribution in [0.4, 0.5) is 0 Å². The zero-order chi connectivity index (χ0) is 22.2. The Balaban J connectivity index is 1.62. The molecule has 0 aliphatic carbocycles. The number of methoxy groups -OCH3 is 1. The number of nitrogens with zero attached hydrogens (tertiary/aromatic N) is 4. The Morgan fingerprint density at radius 2 is 1.88 bits per heavy atom. The van der Waals surface area contributed by atoms with E-state index in [0.29, 0.717) is 38.1 Å². The van der Waals surface area contributed by atoms with Crippen LogP contribution in [-0.2, 0) is 6.54 Å². The number of hydrogen-bond donors (Lipinski definition) is 0. The van der Waals surface area contributed by atoms with E-state index in [9.17, 15) is 9.59 Å². The highest BCUT2D eigenvalue weighted by molar-refractivity contribution is 7.17. The molecule has 0 fully saturated rings. The lowest BCUT2D eigenvalue weighted by Crippen LogP contribution is -2.38. The molecule has 0 unspecified atom stereocenters. The summed E-state index contributed by atoms with van der Waals surface area (Å²) in [5.41, 5.74) is 0.673. The third-order valence-electron chi connectivity index (χ3n) is 4.96. The van der Waals surface area contributed by atoms with Crippen molar-refractivity contribution in [1.29, 1.82) is 0 Å². The molecule has 0 saturated heterocycles. The molecule has 160 valence electrons. The lowest BCUT2D eigenvalue weighted by Gasteiger charge is -2.11. The minimum absolute atomic E-state index is 0.0000457. The van der Waals surface area contributed by atoms with Gasteiger partial charge in [-0.25, -0.2) is 9.36 Å². The molecule has 0 atom stereocenters. The quantitative estimate of drug-likeness (QED) is 0.389. The number of fused-ring (bicyclic) bond motifs is 1. The smallest absolute Gasteiger partial charge is 0.336 e. The van der Waals surface area contributed by atoms with Crippen molar-refractivity contribution in [1.82, 2.24) is 19.3 Å². The molecule has 0 aliphatic heterocycles. The Hall–Kier alpha value is -3.69. The Bertz CT molecular complexity index is 1550. The summed E-state index contributed by atoms with van der Waals surface area (Å²) in [7, 11) is 1.55. The molecular weight excluding hydrogens is 452 g/mol. The van der Waals surface area contributed by atoms with Crippen molar-refractivity contribution in [3.05, 3.63) is 91.7 Å². The molecule has 2 aromatic carbocycles. The molecule has 0 N–H and O–H groups in total. The maximum absolute atomic E-state index is 13.4. The van der Waals surface area contributed by atoms with Gasteiger partial charge in [-0.05, 0) is 47.8 Å². The molecule has 0 saturated carbocycles. The van der Waals surface area contributed by atoms with E-state index in [1.165, 1.54) is 15.9 Å². The molecule has 0 bridgehead atoms. The molecule has 0 spiro atoms. The first kappa shape index (κ1) is 20.2. The van der Waals surface area contributed by atoms with E-state index < -0.39 is 5.69 Å². The first-order valence-corrected chi connectivity index (χ1v) is 10.8. The summed E-state index contributed by atoms with van der Waals surface area (Å²) >= 11 is 7.49. The summed E-state index contributed by atoms with van der Waals surface area (Å²) in [6.07, 6.45) is 0. The van der Waals surface area contributed by atoms with Crippen LogP contribution in [0.5, 0.6) is 5.75 Å². The number of aromatic nitrogens is 4. The van der Waals surface area contributed by atoms with E-state index in [-0.39, 0.29) is 18.0 Å². The third kappa shape index (κ3) is 3.41. The zero-order valence-electron chi connectivity index (χ0n) is 16.7. The van der Waals surface area contributed by atoms with Gasteiger partial charge in [0.2, 0.25) is 11.7 Å². The Morgan fingerprint density at radius 1 is 1.09 bits per heavy atom. The molecule has 0 amide bonds. The summed E-state index contributed by atoms with van der Waals surface area (Å²) in [5, 5.41) is 6.25. The van der Waals surface area contributed by atoms with Gasteiger partial charge in [-0.3, -0.25) is 9.36 Å². The highest BCUT2D eigenvalue weighted by Crippen LogP contribution is 2.25. The topological polar surface area (TPSA) is 92.2 Å². The van der Waals surface area contributed by atoms with Crippen LogP contribution < -0.4 is 16.0 Å². The molecule has 5 rings (SSSR count). The summed E-state index contributed by atoms with van der Waals surface area (Å²) in [4.78, 5) is 30.8. The van der Waals surface area contributed by atoms with Crippen LogP contribution in [0.1, 0.15) is 5.89 Å². The zero-order valence-corrected chi connectivity index (χ0v) is 18.3. The molecule has 3 aromatic heterocycles. The van der Waals surface area contributed by atoms with Crippen molar-refractivity contribution in [3.8, 4) is 22.8 Å². The molecule has 8 nitrogen and oxygen atoms in total. The average Bonchev–Trinajstić information content (AvgIpc) is 3.48. The van der Waals surface area contributed by atoms with Crippen molar-refractivity contribution in [2.75, 3.05) is 7.11 Å². The number of rotatable bonds is 5. The number of thiophene rings is 1. The van der Waals surface area contributed by atoms with Gasteiger partial charge in [0.15, 0.2) is 0 Å². The molecule has 0 radical (unpaired) electrons. The van der Waals surface area contributed by atoms with Gasteiger partial charge in [-0.1, -0.05) is 28.9 Å². The van der Waals surface area contributed by atoms with Crippen LogP contribution in [0.3, 0.4) is 0 Å². The number of halogens is 1. The predicted octanol–water partition coefficient (Wildman–Crippen LogP) is 3.97. The van der Waals surface area contributed by atoms with E-state index in [0.717, 1.165) is 4.57 Å². The van der Waals surface area contributed by atoms with Crippen LogP contribution in [0.25, 0.3) is 27.3 Å². The van der Waals surface area contributed by atoms with Crippen LogP contribution >= 0.6 is 22.9 Å². The molecule has 32 heavy (non-hydrogen) atoms. The second-order valence-corrected chi connectivity index (χ2v) is 8.16. The Labute approximate surface area is 189 Å². The van der Waals surface area contributed by atoms with Crippen molar-refractivity contribution in [2.45, 2.75) is 6.54 Å². The van der Waals surface area contributed by atoms with Crippen molar-refractivity contribution in [2.24, 2.45) is 0 Å². The minimum Gasteiger partial charge on any atom is -0.497 e. The maximum Gasteiger partial charge on any atom is 0.336 e. The summed E-state index contributed by atoms with van der Waals surface area (Å²) in [5.74, 6) is 1.16. The Morgan fingerprint density at radius 3 is 2.62 bits per heavy atom. The second-order valence-electron chi connectivity index (χ2n) is 6.83. The van der Waals surface area contributed by atoms with E-state index in [1.807, 2.05) is 12.1 Å². The van der Waals surface area contributed by atoms with E-state index in [1.54, 1.807) is 55.0 Å². The van der Waals surface area contributed by atoms with E-state index in [2.05, 4.69) is 10.1 Å². The third-order valence-corrected chi connectivity index (χ3v) is 6.18. The highest BCUT2D eigenvalue weighted by atomic mass is 35.5. The van der Waals surface area contributed by atoms with Gasteiger partial charge in [0.25, 0.3) is 5.56 Å². The van der Waals surface area contributed by atoms with Crippen molar-refractivity contribution < 1.29 is 9.26 Å². The minimum atomic E-state index is -0.511. The van der Waals surface area contributed by atoms with Gasteiger partial charge in [-0.15, -0.1) is 11.3 Å². The molecule has 3 heterocycles. The summed E-state index contributed by atoms with van der Waals surface area (Å²) in [6.45, 7) is -0.0000457.